The zero-order chi connectivity index (χ0) is 34.4. The predicted octanol–water partition coefficient (Wildman–Crippen LogP) is 6.02. The smallest absolute Gasteiger partial charge is 0.426 e. The largest absolute Gasteiger partial charge is 0.461 e. The second-order valence-electron chi connectivity index (χ2n) is 15.7. The Kier molecular flexibility index (Phi) is 12.8. The van der Waals surface area contributed by atoms with Crippen molar-refractivity contribution in [2.45, 2.75) is 169 Å². The van der Waals surface area contributed by atoms with Crippen LogP contribution in [0.15, 0.2) is 0 Å². The SMILES string of the molecule is CCCCNC(=O)ON1C(C)(C)CC(OC(=O)C(C)(C)C(=O)OC2CC(C)(C)N(OC(=O)NCCCC)C(C)(C)C2)CC1(C)C. The highest BCUT2D eigenvalue weighted by atomic mass is 16.7. The number of esters is 2. The van der Waals surface area contributed by atoms with Crippen LogP contribution in [0, 0.1) is 5.41 Å². The minimum atomic E-state index is -1.55. The lowest BCUT2D eigenvalue weighted by Crippen LogP contribution is -2.63. The van der Waals surface area contributed by atoms with Crippen LogP contribution in [0.3, 0.4) is 0 Å². The zero-order valence-electron chi connectivity index (χ0n) is 29.9. The molecule has 0 saturated carbocycles. The van der Waals surface area contributed by atoms with Gasteiger partial charge in [0.25, 0.3) is 0 Å². The van der Waals surface area contributed by atoms with Crippen molar-refractivity contribution in [1.29, 1.82) is 0 Å². The summed E-state index contributed by atoms with van der Waals surface area (Å²) in [6, 6.07) is 0. The fraction of sp³-hybridized carbons (Fsp3) is 0.879. The van der Waals surface area contributed by atoms with Crippen LogP contribution in [-0.2, 0) is 28.7 Å². The van der Waals surface area contributed by atoms with Crippen LogP contribution in [0.5, 0.6) is 0 Å². The standard InChI is InChI=1S/C33H60N4O8/c1-13-15-17-34-27(40)44-36-29(3,4)19-23(20-30(36,5)6)42-25(38)33(11,12)26(39)43-24-21-31(7,8)37(32(9,10)22-24)45-28(41)35-18-16-14-2/h23-24H,13-22H2,1-12H3,(H,34,40)(H,35,41). The van der Waals surface area contributed by atoms with Crippen LogP contribution in [-0.4, -0.2) is 81.7 Å². The molecule has 0 aromatic carbocycles. The van der Waals surface area contributed by atoms with Crippen molar-refractivity contribution in [3.05, 3.63) is 0 Å². The van der Waals surface area contributed by atoms with E-state index < -0.39 is 63.9 Å². The van der Waals surface area contributed by atoms with Crippen LogP contribution >= 0.6 is 0 Å². The summed E-state index contributed by atoms with van der Waals surface area (Å²) in [4.78, 5) is 63.3. The minimum absolute atomic E-state index is 0.405. The number of hydroxylamine groups is 4. The quantitative estimate of drug-likeness (QED) is 0.148. The number of hydrogen-bond acceptors (Lipinski definition) is 10. The Morgan fingerprint density at radius 2 is 0.911 bits per heavy atom. The van der Waals surface area contributed by atoms with Crippen LogP contribution in [0.4, 0.5) is 9.59 Å². The van der Waals surface area contributed by atoms with Crippen molar-refractivity contribution in [2.75, 3.05) is 13.1 Å². The normalized spacial score (nSPS) is 21.8. The van der Waals surface area contributed by atoms with Gasteiger partial charge in [-0.05, 0) is 82.1 Å². The summed E-state index contributed by atoms with van der Waals surface area (Å²) in [5.74, 6) is -1.34. The van der Waals surface area contributed by atoms with Gasteiger partial charge in [-0.3, -0.25) is 9.59 Å². The molecule has 2 aliphatic heterocycles. The average molecular weight is 641 g/mol. The van der Waals surface area contributed by atoms with Gasteiger partial charge in [-0.25, -0.2) is 9.59 Å². The van der Waals surface area contributed by atoms with E-state index in [9.17, 15) is 19.2 Å². The van der Waals surface area contributed by atoms with Crippen molar-refractivity contribution in [2.24, 2.45) is 5.41 Å². The van der Waals surface area contributed by atoms with E-state index in [4.69, 9.17) is 19.1 Å². The van der Waals surface area contributed by atoms with Gasteiger partial charge in [0.2, 0.25) is 0 Å². The molecule has 12 heteroatoms. The van der Waals surface area contributed by atoms with Gasteiger partial charge in [0, 0.05) is 38.8 Å². The van der Waals surface area contributed by atoms with E-state index in [2.05, 4.69) is 10.6 Å². The highest BCUT2D eigenvalue weighted by molar-refractivity contribution is 5.99. The van der Waals surface area contributed by atoms with E-state index in [0.717, 1.165) is 25.7 Å². The number of unbranched alkanes of at least 4 members (excludes halogenated alkanes) is 2. The number of nitrogens with zero attached hydrogens (tertiary/aromatic N) is 2. The monoisotopic (exact) mass is 640 g/mol. The second kappa shape index (κ2) is 14.9. The van der Waals surface area contributed by atoms with Gasteiger partial charge in [-0.1, -0.05) is 26.7 Å². The highest BCUT2D eigenvalue weighted by Crippen LogP contribution is 2.42. The minimum Gasteiger partial charge on any atom is -0.461 e. The number of rotatable bonds is 12. The first kappa shape index (κ1) is 38.6. The first-order valence-electron chi connectivity index (χ1n) is 16.5. The molecule has 45 heavy (non-hydrogen) atoms. The molecular weight excluding hydrogens is 580 g/mol. The summed E-state index contributed by atoms with van der Waals surface area (Å²) in [5.41, 5.74) is -4.11. The predicted molar refractivity (Wildman–Crippen MR) is 171 cm³/mol. The summed E-state index contributed by atoms with van der Waals surface area (Å²) in [7, 11) is 0. The second-order valence-corrected chi connectivity index (χ2v) is 15.7. The lowest BCUT2D eigenvalue weighted by molar-refractivity contribution is -0.259. The maximum atomic E-state index is 13.5. The van der Waals surface area contributed by atoms with Crippen molar-refractivity contribution in [1.82, 2.24) is 20.8 Å². The number of piperidine rings is 2. The van der Waals surface area contributed by atoms with Gasteiger partial charge in [0.1, 0.15) is 12.2 Å². The number of carbonyl (C=O) groups excluding carboxylic acids is 4. The fourth-order valence-corrected chi connectivity index (χ4v) is 6.65. The molecular formula is C33H60N4O8. The molecule has 260 valence electrons. The fourth-order valence-electron chi connectivity index (χ4n) is 6.65. The van der Waals surface area contributed by atoms with Gasteiger partial charge in [-0.2, -0.15) is 0 Å². The Morgan fingerprint density at radius 3 is 1.18 bits per heavy atom. The van der Waals surface area contributed by atoms with E-state index in [0.29, 0.717) is 38.8 Å². The molecule has 2 rings (SSSR count). The molecule has 2 N–H and O–H groups in total. The molecule has 0 spiro atoms. The van der Waals surface area contributed by atoms with Gasteiger partial charge < -0.3 is 29.8 Å². The maximum Gasteiger partial charge on any atom is 0.426 e. The molecule has 2 heterocycles. The highest BCUT2D eigenvalue weighted by Gasteiger charge is 2.53. The van der Waals surface area contributed by atoms with E-state index >= 15 is 0 Å². The number of ether oxygens (including phenoxy) is 2. The molecule has 0 atom stereocenters. The van der Waals surface area contributed by atoms with Crippen molar-refractivity contribution in [3.8, 4) is 0 Å². The molecule has 0 unspecified atom stereocenters. The Labute approximate surface area is 270 Å². The third kappa shape index (κ3) is 10.2. The Hall–Kier alpha value is -2.60. The van der Waals surface area contributed by atoms with E-state index in [-0.39, 0.29) is 0 Å². The maximum absolute atomic E-state index is 13.5. The van der Waals surface area contributed by atoms with Crippen LogP contribution in [0.25, 0.3) is 0 Å². The molecule has 0 bridgehead atoms. The van der Waals surface area contributed by atoms with Crippen molar-refractivity contribution >= 4 is 24.1 Å². The topological polar surface area (TPSA) is 136 Å². The molecule has 0 aromatic rings. The molecule has 0 radical (unpaired) electrons. The number of nitrogens with one attached hydrogen (secondary N) is 2. The molecule has 2 fully saturated rings. The summed E-state index contributed by atoms with van der Waals surface area (Å²) >= 11 is 0. The van der Waals surface area contributed by atoms with Gasteiger partial charge in [-0.15, -0.1) is 10.1 Å². The third-order valence-electron chi connectivity index (χ3n) is 8.62. The van der Waals surface area contributed by atoms with Crippen LogP contribution < -0.4 is 10.6 Å². The van der Waals surface area contributed by atoms with Gasteiger partial charge >= 0.3 is 24.1 Å². The van der Waals surface area contributed by atoms with Gasteiger partial charge in [0.05, 0.1) is 22.2 Å². The average Bonchev–Trinajstić information content (AvgIpc) is 2.87. The lowest BCUT2D eigenvalue weighted by atomic mass is 9.79. The lowest BCUT2D eigenvalue weighted by Gasteiger charge is -2.52. The first-order chi connectivity index (χ1) is 20.6. The number of amides is 2. The van der Waals surface area contributed by atoms with Crippen LogP contribution in [0.2, 0.25) is 0 Å². The molecule has 0 aromatic heterocycles. The Bertz CT molecular complexity index is 939. The molecule has 12 nitrogen and oxygen atoms in total. The summed E-state index contributed by atoms with van der Waals surface area (Å²) in [5, 5.41) is 8.92. The molecule has 2 amide bonds. The summed E-state index contributed by atoms with van der Waals surface area (Å²) in [6.07, 6.45) is 3.24. The Balaban J connectivity index is 2.04. The van der Waals surface area contributed by atoms with Crippen LogP contribution in [0.1, 0.15) is 134 Å². The number of hydrogen-bond donors (Lipinski definition) is 2. The zero-order valence-corrected chi connectivity index (χ0v) is 29.9. The Morgan fingerprint density at radius 1 is 0.622 bits per heavy atom. The van der Waals surface area contributed by atoms with E-state index in [1.165, 1.54) is 13.8 Å². The molecule has 2 saturated heterocycles. The third-order valence-corrected chi connectivity index (χ3v) is 8.62. The summed E-state index contributed by atoms with van der Waals surface area (Å²) in [6.45, 7) is 23.7. The van der Waals surface area contributed by atoms with Gasteiger partial charge in [0.15, 0.2) is 5.41 Å². The van der Waals surface area contributed by atoms with Crippen molar-refractivity contribution in [3.63, 3.8) is 0 Å². The first-order valence-corrected chi connectivity index (χ1v) is 16.5. The number of carbonyl (C=O) groups is 4. The van der Waals surface area contributed by atoms with Crippen molar-refractivity contribution < 1.29 is 38.3 Å². The van der Waals surface area contributed by atoms with E-state index in [1.807, 2.05) is 69.2 Å². The molecule has 2 aliphatic rings. The molecule has 0 aliphatic carbocycles. The van der Waals surface area contributed by atoms with E-state index in [1.54, 1.807) is 10.1 Å². The summed E-state index contributed by atoms with van der Waals surface area (Å²) < 4.78 is 11.9.